The van der Waals surface area contributed by atoms with Crippen LogP contribution in [0.3, 0.4) is 0 Å². The summed E-state index contributed by atoms with van der Waals surface area (Å²) in [5.41, 5.74) is 1.11. The first kappa shape index (κ1) is 20.2. The summed E-state index contributed by atoms with van der Waals surface area (Å²) < 4.78 is 16.2. The van der Waals surface area contributed by atoms with Crippen molar-refractivity contribution in [3.63, 3.8) is 0 Å². The average molecular weight is 429 g/mol. The average Bonchev–Trinajstić information content (AvgIpc) is 3.09. The Labute approximate surface area is 178 Å². The van der Waals surface area contributed by atoms with E-state index in [2.05, 4.69) is 5.16 Å². The third-order valence-electron chi connectivity index (χ3n) is 5.10. The van der Waals surface area contributed by atoms with Crippen molar-refractivity contribution in [1.82, 2.24) is 10.1 Å². The second kappa shape index (κ2) is 8.36. The molecule has 8 heteroatoms. The monoisotopic (exact) mass is 428 g/mol. The summed E-state index contributed by atoms with van der Waals surface area (Å²) in [6.45, 7) is 4.47. The number of hydrogen-bond donors (Lipinski definition) is 0. The van der Waals surface area contributed by atoms with Crippen molar-refractivity contribution in [3.8, 4) is 17.0 Å². The van der Waals surface area contributed by atoms with E-state index in [1.807, 2.05) is 18.2 Å². The van der Waals surface area contributed by atoms with E-state index >= 15 is 0 Å². The van der Waals surface area contributed by atoms with Gasteiger partial charge in [0.25, 0.3) is 5.91 Å². The summed E-state index contributed by atoms with van der Waals surface area (Å²) >= 11 is 6.30. The number of hydrogen-bond acceptors (Lipinski definition) is 6. The van der Waals surface area contributed by atoms with Crippen LogP contribution >= 0.6 is 11.6 Å². The van der Waals surface area contributed by atoms with Gasteiger partial charge >= 0.3 is 5.63 Å². The first-order valence-electron chi connectivity index (χ1n) is 9.71. The molecule has 0 N–H and O–H groups in total. The van der Waals surface area contributed by atoms with Crippen LogP contribution in [-0.4, -0.2) is 35.2 Å². The van der Waals surface area contributed by atoms with Crippen molar-refractivity contribution >= 4 is 17.5 Å². The molecule has 0 atom stereocenters. The molecular formula is C22H21ClN2O5. The van der Waals surface area contributed by atoms with Crippen molar-refractivity contribution in [2.24, 2.45) is 0 Å². The fourth-order valence-corrected chi connectivity index (χ4v) is 3.86. The van der Waals surface area contributed by atoms with Crippen LogP contribution in [0.5, 0.6) is 5.75 Å². The zero-order chi connectivity index (χ0) is 21.3. The van der Waals surface area contributed by atoms with Crippen LogP contribution in [0.25, 0.3) is 11.3 Å². The van der Waals surface area contributed by atoms with E-state index in [0.29, 0.717) is 65.0 Å². The summed E-state index contributed by atoms with van der Waals surface area (Å²) in [6, 6.07) is 10.3. The number of piperidine rings is 1. The van der Waals surface area contributed by atoms with Gasteiger partial charge in [0.05, 0.1) is 11.1 Å². The van der Waals surface area contributed by atoms with Gasteiger partial charge in [0, 0.05) is 37.6 Å². The number of benzene rings is 1. The Morgan fingerprint density at radius 3 is 2.63 bits per heavy atom. The molecule has 3 heterocycles. The van der Waals surface area contributed by atoms with Gasteiger partial charge in [-0.25, -0.2) is 4.79 Å². The molecule has 1 saturated heterocycles. The molecule has 1 fully saturated rings. The Kier molecular flexibility index (Phi) is 5.63. The molecule has 3 aromatic rings. The molecule has 2 aromatic heterocycles. The number of amides is 1. The molecule has 0 unspecified atom stereocenters. The molecule has 4 rings (SSSR count). The number of nitrogens with zero attached hydrogens (tertiary/aromatic N) is 2. The van der Waals surface area contributed by atoms with Crippen LogP contribution in [-0.2, 0) is 0 Å². The molecule has 1 aromatic carbocycles. The molecule has 156 valence electrons. The van der Waals surface area contributed by atoms with Gasteiger partial charge in [-0.05, 0) is 19.9 Å². The molecule has 1 aliphatic heterocycles. The predicted molar refractivity (Wildman–Crippen MR) is 111 cm³/mol. The molecule has 0 radical (unpaired) electrons. The molecule has 7 nitrogen and oxygen atoms in total. The van der Waals surface area contributed by atoms with Gasteiger partial charge in [-0.1, -0.05) is 35.0 Å². The second-order valence-corrected chi connectivity index (χ2v) is 7.68. The Morgan fingerprint density at radius 2 is 1.93 bits per heavy atom. The summed E-state index contributed by atoms with van der Waals surface area (Å²) in [5, 5.41) is 4.59. The van der Waals surface area contributed by atoms with Gasteiger partial charge < -0.3 is 18.6 Å². The fourth-order valence-electron chi connectivity index (χ4n) is 3.63. The Balaban J connectivity index is 1.47. The molecule has 1 aliphatic rings. The van der Waals surface area contributed by atoms with Crippen molar-refractivity contribution in [3.05, 3.63) is 68.9 Å². The maximum Gasteiger partial charge on any atom is 0.339 e. The van der Waals surface area contributed by atoms with E-state index in [-0.39, 0.29) is 12.0 Å². The highest BCUT2D eigenvalue weighted by molar-refractivity contribution is 6.33. The Hall–Kier alpha value is -3.06. The third-order valence-corrected chi connectivity index (χ3v) is 5.43. The van der Waals surface area contributed by atoms with Gasteiger partial charge in [0.15, 0.2) is 0 Å². The van der Waals surface area contributed by atoms with Gasteiger partial charge in [-0.2, -0.15) is 0 Å². The zero-order valence-electron chi connectivity index (χ0n) is 16.7. The lowest BCUT2D eigenvalue weighted by Gasteiger charge is -2.32. The number of halogens is 1. The number of rotatable bonds is 4. The highest BCUT2D eigenvalue weighted by atomic mass is 35.5. The van der Waals surface area contributed by atoms with E-state index in [9.17, 15) is 9.59 Å². The number of aromatic nitrogens is 1. The Bertz CT molecular complexity index is 1130. The number of likely N-dealkylation sites (tertiary alicyclic amines) is 1. The molecule has 30 heavy (non-hydrogen) atoms. The van der Waals surface area contributed by atoms with Crippen LogP contribution in [0.4, 0.5) is 0 Å². The van der Waals surface area contributed by atoms with Crippen LogP contribution in [0.15, 0.2) is 50.1 Å². The summed E-state index contributed by atoms with van der Waals surface area (Å²) in [5.74, 6) is 1.31. The quantitative estimate of drug-likeness (QED) is 0.617. The minimum absolute atomic E-state index is 0.0816. The number of ether oxygens (including phenoxy) is 1. The first-order chi connectivity index (χ1) is 14.4. The smallest absolute Gasteiger partial charge is 0.339 e. The second-order valence-electron chi connectivity index (χ2n) is 7.27. The number of aryl methyl sites for hydroxylation is 2. The van der Waals surface area contributed by atoms with Crippen LogP contribution < -0.4 is 10.4 Å². The van der Waals surface area contributed by atoms with Crippen molar-refractivity contribution in [2.45, 2.75) is 32.8 Å². The maximum atomic E-state index is 13.2. The molecular weight excluding hydrogens is 408 g/mol. The van der Waals surface area contributed by atoms with Crippen LogP contribution in [0, 0.1) is 13.8 Å². The van der Waals surface area contributed by atoms with Gasteiger partial charge in [-0.3, -0.25) is 4.79 Å². The molecule has 0 bridgehead atoms. The van der Waals surface area contributed by atoms with Gasteiger partial charge in [0.2, 0.25) is 0 Å². The van der Waals surface area contributed by atoms with E-state index in [1.165, 1.54) is 6.07 Å². The van der Waals surface area contributed by atoms with Gasteiger partial charge in [-0.15, -0.1) is 0 Å². The minimum atomic E-state index is -0.437. The predicted octanol–water partition coefficient (Wildman–Crippen LogP) is 4.25. The highest BCUT2D eigenvalue weighted by Crippen LogP contribution is 2.32. The van der Waals surface area contributed by atoms with E-state index < -0.39 is 5.63 Å². The van der Waals surface area contributed by atoms with E-state index in [0.717, 1.165) is 0 Å². The highest BCUT2D eigenvalue weighted by Gasteiger charge is 2.30. The Morgan fingerprint density at radius 1 is 1.20 bits per heavy atom. The SMILES string of the molecule is Cc1cc(OC2CCN(C(=O)c3c(-c4ccccc4Cl)noc3C)CC2)cc(=O)o1. The zero-order valence-corrected chi connectivity index (χ0v) is 17.4. The van der Waals surface area contributed by atoms with E-state index in [1.54, 1.807) is 30.9 Å². The third kappa shape index (κ3) is 4.11. The van der Waals surface area contributed by atoms with Crippen molar-refractivity contribution < 1.29 is 18.5 Å². The van der Waals surface area contributed by atoms with Crippen molar-refractivity contribution in [2.75, 3.05) is 13.1 Å². The normalized spacial score (nSPS) is 14.7. The molecule has 0 spiro atoms. The lowest BCUT2D eigenvalue weighted by atomic mass is 10.0. The lowest BCUT2D eigenvalue weighted by molar-refractivity contribution is 0.0593. The van der Waals surface area contributed by atoms with Crippen LogP contribution in [0.2, 0.25) is 5.02 Å². The topological polar surface area (TPSA) is 85.8 Å². The molecule has 0 aliphatic carbocycles. The fraction of sp³-hybridized carbons (Fsp3) is 0.318. The van der Waals surface area contributed by atoms with Crippen molar-refractivity contribution in [1.29, 1.82) is 0 Å². The van der Waals surface area contributed by atoms with E-state index in [4.69, 9.17) is 25.3 Å². The number of carbonyl (C=O) groups excluding carboxylic acids is 1. The largest absolute Gasteiger partial charge is 0.490 e. The summed E-state index contributed by atoms with van der Waals surface area (Å²) in [4.78, 5) is 26.5. The standard InChI is InChI=1S/C22H21ClN2O5/c1-13-11-16(12-19(26)28-13)29-15-7-9-25(10-8-15)22(27)20-14(2)30-24-21(20)17-5-3-4-6-18(17)23/h3-6,11-12,15H,7-10H2,1-2H3. The maximum absolute atomic E-state index is 13.2. The number of carbonyl (C=O) groups is 1. The lowest BCUT2D eigenvalue weighted by Crippen LogP contribution is -2.42. The minimum Gasteiger partial charge on any atom is -0.490 e. The van der Waals surface area contributed by atoms with Gasteiger partial charge in [0.1, 0.15) is 34.6 Å². The first-order valence-corrected chi connectivity index (χ1v) is 10.1. The van der Waals surface area contributed by atoms with Crippen LogP contribution in [0.1, 0.15) is 34.7 Å². The summed E-state index contributed by atoms with van der Waals surface area (Å²) in [6.07, 6.45) is 1.22. The molecule has 1 amide bonds. The summed E-state index contributed by atoms with van der Waals surface area (Å²) in [7, 11) is 0. The molecule has 0 saturated carbocycles.